The number of halogens is 1. The maximum absolute atomic E-state index is 13.0. The number of nitrogens with zero attached hydrogens (tertiary/aromatic N) is 5. The molecule has 2 aromatic carbocycles. The molecule has 3 heterocycles. The van der Waals surface area contributed by atoms with Gasteiger partial charge in [-0.05, 0) is 23.3 Å². The van der Waals surface area contributed by atoms with Gasteiger partial charge in [0.25, 0.3) is 5.91 Å². The number of imide groups is 1. The standard InChI is InChI=1S/C22H20ClN5O2/c1-25-19-18(20(29)26(2)22(25)30)28-13-17(15-8-4-3-5-9-15)27(21(28)24-19)12-14-7-6-10-16(23)11-14/h3-11,13,18-19H,12H2,1-2H3. The van der Waals surface area contributed by atoms with E-state index in [9.17, 15) is 9.59 Å². The van der Waals surface area contributed by atoms with Crippen LogP contribution in [0.25, 0.3) is 5.70 Å². The van der Waals surface area contributed by atoms with Crippen molar-refractivity contribution < 1.29 is 9.59 Å². The van der Waals surface area contributed by atoms with Crippen LogP contribution in [0.1, 0.15) is 11.1 Å². The molecule has 3 aliphatic rings. The van der Waals surface area contributed by atoms with Gasteiger partial charge >= 0.3 is 6.03 Å². The fourth-order valence-electron chi connectivity index (χ4n) is 4.18. The number of amides is 3. The number of guanidine groups is 1. The molecule has 0 aromatic heterocycles. The van der Waals surface area contributed by atoms with Gasteiger partial charge in [-0.2, -0.15) is 0 Å². The van der Waals surface area contributed by atoms with Crippen molar-refractivity contribution in [2.24, 2.45) is 4.99 Å². The third-order valence-corrected chi connectivity index (χ3v) is 5.96. The Kier molecular flexibility index (Phi) is 4.29. The molecule has 2 unspecified atom stereocenters. The molecule has 0 N–H and O–H groups in total. The van der Waals surface area contributed by atoms with Crippen molar-refractivity contribution in [2.45, 2.75) is 18.8 Å². The van der Waals surface area contributed by atoms with Crippen LogP contribution in [-0.2, 0) is 11.3 Å². The van der Waals surface area contributed by atoms with Crippen molar-refractivity contribution in [1.29, 1.82) is 0 Å². The summed E-state index contributed by atoms with van der Waals surface area (Å²) in [5.74, 6) is 0.405. The first-order valence-electron chi connectivity index (χ1n) is 9.65. The van der Waals surface area contributed by atoms with E-state index in [0.717, 1.165) is 21.7 Å². The second kappa shape index (κ2) is 6.88. The molecular weight excluding hydrogens is 402 g/mol. The van der Waals surface area contributed by atoms with Crippen LogP contribution in [-0.4, -0.2) is 63.8 Å². The summed E-state index contributed by atoms with van der Waals surface area (Å²) in [5.41, 5.74) is 2.99. The van der Waals surface area contributed by atoms with Crippen molar-refractivity contribution >= 4 is 35.2 Å². The highest BCUT2D eigenvalue weighted by atomic mass is 35.5. The molecule has 8 heteroatoms. The predicted octanol–water partition coefficient (Wildman–Crippen LogP) is 3.04. The normalized spacial score (nSPS) is 22.9. The van der Waals surface area contributed by atoms with Gasteiger partial charge in [-0.3, -0.25) is 9.69 Å². The van der Waals surface area contributed by atoms with Gasteiger partial charge in [0, 0.05) is 25.3 Å². The molecule has 0 radical (unpaired) electrons. The Bertz CT molecular complexity index is 1100. The first-order valence-corrected chi connectivity index (χ1v) is 10.0. The molecule has 2 atom stereocenters. The van der Waals surface area contributed by atoms with Crippen LogP contribution in [0.15, 0.2) is 65.8 Å². The van der Waals surface area contributed by atoms with E-state index in [1.165, 1.54) is 11.9 Å². The predicted molar refractivity (Wildman–Crippen MR) is 114 cm³/mol. The summed E-state index contributed by atoms with van der Waals surface area (Å²) in [6, 6.07) is 16.7. The van der Waals surface area contributed by atoms with Crippen molar-refractivity contribution in [2.75, 3.05) is 14.1 Å². The molecule has 5 rings (SSSR count). The lowest BCUT2D eigenvalue weighted by atomic mass is 10.1. The molecule has 1 saturated heterocycles. The van der Waals surface area contributed by atoms with E-state index >= 15 is 0 Å². The fraction of sp³-hybridized carbons (Fsp3) is 0.227. The van der Waals surface area contributed by atoms with E-state index in [1.807, 2.05) is 65.7 Å². The molecule has 2 aromatic rings. The van der Waals surface area contributed by atoms with Gasteiger partial charge in [0.15, 0.2) is 12.2 Å². The number of likely N-dealkylation sites (N-methyl/N-ethyl adjacent to an activating group) is 2. The van der Waals surface area contributed by atoms with Gasteiger partial charge in [-0.1, -0.05) is 54.1 Å². The van der Waals surface area contributed by atoms with Crippen LogP contribution in [0.3, 0.4) is 0 Å². The topological polar surface area (TPSA) is 59.5 Å². The second-order valence-corrected chi connectivity index (χ2v) is 8.02. The van der Waals surface area contributed by atoms with Crippen molar-refractivity contribution in [3.63, 3.8) is 0 Å². The van der Waals surface area contributed by atoms with Crippen LogP contribution in [0.2, 0.25) is 5.02 Å². The van der Waals surface area contributed by atoms with Gasteiger partial charge in [0.1, 0.15) is 0 Å². The van der Waals surface area contributed by atoms with Crippen LogP contribution < -0.4 is 0 Å². The zero-order chi connectivity index (χ0) is 21.0. The summed E-state index contributed by atoms with van der Waals surface area (Å²) in [6.45, 7) is 0.539. The van der Waals surface area contributed by atoms with Crippen LogP contribution in [0.5, 0.6) is 0 Å². The van der Waals surface area contributed by atoms with Crippen LogP contribution in [0.4, 0.5) is 4.79 Å². The SMILES string of the molecule is CN1C(=O)C2C(N=C3N(Cc4cccc(Cl)c4)C(c4ccccc4)=CN32)N(C)C1=O. The third-order valence-electron chi connectivity index (χ3n) is 5.72. The van der Waals surface area contributed by atoms with Crippen LogP contribution >= 0.6 is 11.6 Å². The minimum absolute atomic E-state index is 0.255. The number of carbonyl (C=O) groups excluding carboxylic acids is 2. The molecule has 7 nitrogen and oxygen atoms in total. The van der Waals surface area contributed by atoms with Gasteiger partial charge in [-0.25, -0.2) is 9.79 Å². The average molecular weight is 422 g/mol. The van der Waals surface area contributed by atoms with Gasteiger partial charge < -0.3 is 14.7 Å². The van der Waals surface area contributed by atoms with Gasteiger partial charge in [0.05, 0.1) is 12.2 Å². The maximum Gasteiger partial charge on any atom is 0.328 e. The number of aliphatic imine (C=N–C) groups is 1. The zero-order valence-electron chi connectivity index (χ0n) is 16.6. The molecular formula is C22H20ClN5O2. The molecule has 1 fully saturated rings. The maximum atomic E-state index is 13.0. The van der Waals surface area contributed by atoms with Gasteiger partial charge in [0.2, 0.25) is 5.96 Å². The van der Waals surface area contributed by atoms with Crippen molar-refractivity contribution in [3.8, 4) is 0 Å². The quantitative estimate of drug-likeness (QED) is 0.764. The molecule has 152 valence electrons. The van der Waals surface area contributed by atoms with Gasteiger partial charge in [-0.15, -0.1) is 0 Å². The molecule has 0 bridgehead atoms. The summed E-state index contributed by atoms with van der Waals surface area (Å²) in [6.07, 6.45) is 1.41. The number of urea groups is 1. The number of hydrogen-bond donors (Lipinski definition) is 0. The largest absolute Gasteiger partial charge is 0.328 e. The van der Waals surface area contributed by atoms with E-state index in [1.54, 1.807) is 7.05 Å². The number of rotatable bonds is 3. The van der Waals surface area contributed by atoms with Crippen molar-refractivity contribution in [1.82, 2.24) is 19.6 Å². The lowest BCUT2D eigenvalue weighted by Crippen LogP contribution is -2.63. The Morgan fingerprint density at radius 2 is 1.80 bits per heavy atom. The highest BCUT2D eigenvalue weighted by molar-refractivity contribution is 6.30. The second-order valence-electron chi connectivity index (χ2n) is 7.58. The Balaban J connectivity index is 1.58. The minimum Gasteiger partial charge on any atom is -0.306 e. The lowest BCUT2D eigenvalue weighted by Gasteiger charge is -2.38. The van der Waals surface area contributed by atoms with E-state index in [4.69, 9.17) is 16.6 Å². The summed E-state index contributed by atoms with van der Waals surface area (Å²) in [7, 11) is 3.19. The Morgan fingerprint density at radius 1 is 1.03 bits per heavy atom. The summed E-state index contributed by atoms with van der Waals surface area (Å²) < 4.78 is 0. The highest BCUT2D eigenvalue weighted by Crippen LogP contribution is 2.38. The van der Waals surface area contributed by atoms with E-state index in [-0.39, 0.29) is 11.9 Å². The Labute approximate surface area is 179 Å². The number of benzene rings is 2. The number of fused-ring (bicyclic) bond motifs is 3. The first-order chi connectivity index (χ1) is 14.5. The number of hydrogen-bond acceptors (Lipinski definition) is 5. The summed E-state index contributed by atoms with van der Waals surface area (Å²) >= 11 is 6.20. The molecule has 0 spiro atoms. The van der Waals surface area contributed by atoms with Crippen LogP contribution in [0, 0.1) is 0 Å². The number of carbonyl (C=O) groups is 2. The van der Waals surface area contributed by atoms with E-state index in [0.29, 0.717) is 17.5 Å². The fourth-order valence-corrected chi connectivity index (χ4v) is 4.39. The molecule has 0 saturated carbocycles. The lowest BCUT2D eigenvalue weighted by molar-refractivity contribution is -0.135. The van der Waals surface area contributed by atoms with Crippen molar-refractivity contribution in [3.05, 3.63) is 76.9 Å². The Hall–Kier alpha value is -3.32. The average Bonchev–Trinajstić information content (AvgIpc) is 3.28. The molecule has 0 aliphatic carbocycles. The van der Waals surface area contributed by atoms with E-state index < -0.39 is 12.2 Å². The summed E-state index contributed by atoms with van der Waals surface area (Å²) in [5, 5.41) is 0.665. The molecule has 3 amide bonds. The third kappa shape index (κ3) is 2.77. The smallest absolute Gasteiger partial charge is 0.306 e. The first kappa shape index (κ1) is 18.7. The zero-order valence-corrected chi connectivity index (χ0v) is 17.3. The Morgan fingerprint density at radius 3 is 2.53 bits per heavy atom. The van der Waals surface area contributed by atoms with E-state index in [2.05, 4.69) is 4.90 Å². The molecule has 3 aliphatic heterocycles. The monoisotopic (exact) mass is 421 g/mol. The molecule has 30 heavy (non-hydrogen) atoms. The minimum atomic E-state index is -0.573. The summed E-state index contributed by atoms with van der Waals surface area (Å²) in [4.78, 5) is 36.8. The highest BCUT2D eigenvalue weighted by Gasteiger charge is 2.53.